The van der Waals surface area contributed by atoms with Crippen molar-refractivity contribution >= 4 is 5.69 Å². The van der Waals surface area contributed by atoms with Gasteiger partial charge >= 0.3 is 0 Å². The molecule has 1 heterocycles. The van der Waals surface area contributed by atoms with Crippen LogP contribution in [0.15, 0.2) is 18.2 Å². The molecular formula is C17H28N2O. The van der Waals surface area contributed by atoms with Gasteiger partial charge in [-0.1, -0.05) is 19.1 Å². The minimum absolute atomic E-state index is 0.0599. The molecule has 0 aromatic heterocycles. The topological polar surface area (TPSA) is 38.5 Å². The average Bonchev–Trinajstić information content (AvgIpc) is 2.39. The maximum Gasteiger partial charge on any atom is 0.0694 e. The van der Waals surface area contributed by atoms with Crippen LogP contribution in [-0.2, 0) is 11.2 Å². The molecule has 1 unspecified atom stereocenters. The lowest BCUT2D eigenvalue weighted by atomic mass is 9.97. The van der Waals surface area contributed by atoms with Crippen molar-refractivity contribution in [2.75, 3.05) is 24.7 Å². The summed E-state index contributed by atoms with van der Waals surface area (Å²) in [6, 6.07) is 7.03. The molecule has 0 saturated carbocycles. The lowest BCUT2D eigenvalue weighted by molar-refractivity contribution is 0.0643. The van der Waals surface area contributed by atoms with Crippen molar-refractivity contribution in [1.82, 2.24) is 0 Å². The van der Waals surface area contributed by atoms with Gasteiger partial charge in [-0.25, -0.2) is 0 Å². The Labute approximate surface area is 123 Å². The zero-order chi connectivity index (χ0) is 14.8. The predicted octanol–water partition coefficient (Wildman–Crippen LogP) is 2.89. The van der Waals surface area contributed by atoms with Crippen LogP contribution in [0.2, 0.25) is 0 Å². The van der Waals surface area contributed by atoms with E-state index in [9.17, 15) is 0 Å². The van der Waals surface area contributed by atoms with E-state index in [0.29, 0.717) is 0 Å². The molecule has 1 aromatic rings. The van der Waals surface area contributed by atoms with Gasteiger partial charge in [0.1, 0.15) is 0 Å². The van der Waals surface area contributed by atoms with Crippen LogP contribution >= 0.6 is 0 Å². The molecule has 3 heteroatoms. The second-order valence-corrected chi connectivity index (χ2v) is 6.51. The smallest absolute Gasteiger partial charge is 0.0694 e. The standard InChI is InChI=1S/C17H28N2O/c1-5-15(18)11-14-6-7-16(13(2)10-14)19-8-9-20-12-17(19,3)4/h6-7,10,15H,5,8-9,11-12,18H2,1-4H3. The van der Waals surface area contributed by atoms with Crippen LogP contribution in [0, 0.1) is 6.92 Å². The molecule has 0 bridgehead atoms. The van der Waals surface area contributed by atoms with Crippen LogP contribution < -0.4 is 10.6 Å². The molecular weight excluding hydrogens is 248 g/mol. The van der Waals surface area contributed by atoms with E-state index in [1.807, 2.05) is 0 Å². The molecule has 0 radical (unpaired) electrons. The molecule has 0 amide bonds. The first-order chi connectivity index (χ1) is 9.44. The predicted molar refractivity (Wildman–Crippen MR) is 85.4 cm³/mol. The highest BCUT2D eigenvalue weighted by molar-refractivity contribution is 5.56. The molecule has 1 aliphatic heterocycles. The van der Waals surface area contributed by atoms with Crippen molar-refractivity contribution in [3.8, 4) is 0 Å². The summed E-state index contributed by atoms with van der Waals surface area (Å²) in [6.45, 7) is 11.4. The van der Waals surface area contributed by atoms with Gasteiger partial charge in [0, 0.05) is 18.3 Å². The van der Waals surface area contributed by atoms with E-state index in [4.69, 9.17) is 10.5 Å². The Morgan fingerprint density at radius 3 is 2.75 bits per heavy atom. The third-order valence-corrected chi connectivity index (χ3v) is 4.22. The van der Waals surface area contributed by atoms with Crippen molar-refractivity contribution in [2.24, 2.45) is 5.73 Å². The molecule has 2 N–H and O–H groups in total. The molecule has 1 aliphatic rings. The van der Waals surface area contributed by atoms with Crippen LogP contribution in [0.4, 0.5) is 5.69 Å². The van der Waals surface area contributed by atoms with E-state index in [2.05, 4.69) is 50.8 Å². The number of aryl methyl sites for hydroxylation is 1. The van der Waals surface area contributed by atoms with E-state index >= 15 is 0 Å². The summed E-state index contributed by atoms with van der Waals surface area (Å²) in [5, 5.41) is 0. The molecule has 1 fully saturated rings. The number of hydrogen-bond donors (Lipinski definition) is 1. The van der Waals surface area contributed by atoms with E-state index in [1.165, 1.54) is 16.8 Å². The first kappa shape index (κ1) is 15.3. The van der Waals surface area contributed by atoms with Gasteiger partial charge in [-0.3, -0.25) is 0 Å². The summed E-state index contributed by atoms with van der Waals surface area (Å²) < 4.78 is 5.61. The number of nitrogens with zero attached hydrogens (tertiary/aromatic N) is 1. The number of hydrogen-bond acceptors (Lipinski definition) is 3. The quantitative estimate of drug-likeness (QED) is 0.919. The van der Waals surface area contributed by atoms with Crippen molar-refractivity contribution in [1.29, 1.82) is 0 Å². The van der Waals surface area contributed by atoms with Gasteiger partial charge in [0.25, 0.3) is 0 Å². The van der Waals surface area contributed by atoms with Crippen LogP contribution in [0.5, 0.6) is 0 Å². The fourth-order valence-corrected chi connectivity index (χ4v) is 2.90. The van der Waals surface area contributed by atoms with Gasteiger partial charge in [0.15, 0.2) is 0 Å². The SMILES string of the molecule is CCC(N)Cc1ccc(N2CCOCC2(C)C)c(C)c1. The van der Waals surface area contributed by atoms with Crippen LogP contribution in [0.3, 0.4) is 0 Å². The molecule has 1 atom stereocenters. The van der Waals surface area contributed by atoms with Crippen molar-refractivity contribution in [2.45, 2.75) is 52.1 Å². The Kier molecular flexibility index (Phi) is 4.71. The highest BCUT2D eigenvalue weighted by Gasteiger charge is 2.31. The summed E-state index contributed by atoms with van der Waals surface area (Å²) in [4.78, 5) is 2.47. The molecule has 20 heavy (non-hydrogen) atoms. The maximum absolute atomic E-state index is 6.05. The summed E-state index contributed by atoms with van der Waals surface area (Å²) >= 11 is 0. The number of morpholine rings is 1. The van der Waals surface area contributed by atoms with Crippen molar-refractivity contribution in [3.63, 3.8) is 0 Å². The summed E-state index contributed by atoms with van der Waals surface area (Å²) in [7, 11) is 0. The molecule has 0 spiro atoms. The third kappa shape index (κ3) is 3.33. The number of ether oxygens (including phenoxy) is 1. The number of anilines is 1. The zero-order valence-electron chi connectivity index (χ0n) is 13.3. The summed E-state index contributed by atoms with van der Waals surface area (Å²) in [5.41, 5.74) is 10.1. The van der Waals surface area contributed by atoms with E-state index in [-0.39, 0.29) is 11.6 Å². The van der Waals surface area contributed by atoms with Crippen LogP contribution in [0.25, 0.3) is 0 Å². The third-order valence-electron chi connectivity index (χ3n) is 4.22. The summed E-state index contributed by atoms with van der Waals surface area (Å²) in [6.07, 6.45) is 1.99. The maximum atomic E-state index is 6.05. The Hall–Kier alpha value is -1.06. The zero-order valence-corrected chi connectivity index (χ0v) is 13.3. The van der Waals surface area contributed by atoms with E-state index in [1.54, 1.807) is 0 Å². The lowest BCUT2D eigenvalue weighted by Crippen LogP contribution is -2.53. The molecule has 2 rings (SSSR count). The Bertz CT molecular complexity index is 456. The summed E-state index contributed by atoms with van der Waals surface area (Å²) in [5.74, 6) is 0. The second kappa shape index (κ2) is 6.15. The van der Waals surface area contributed by atoms with E-state index in [0.717, 1.165) is 32.6 Å². The highest BCUT2D eigenvalue weighted by atomic mass is 16.5. The number of benzene rings is 1. The van der Waals surface area contributed by atoms with Gasteiger partial charge in [-0.05, 0) is 50.8 Å². The number of nitrogens with two attached hydrogens (primary N) is 1. The molecule has 3 nitrogen and oxygen atoms in total. The van der Waals surface area contributed by atoms with Gasteiger partial charge in [-0.15, -0.1) is 0 Å². The van der Waals surface area contributed by atoms with Gasteiger partial charge in [0.05, 0.1) is 18.8 Å². The molecule has 0 aliphatic carbocycles. The Morgan fingerprint density at radius 1 is 1.40 bits per heavy atom. The Balaban J connectivity index is 2.21. The van der Waals surface area contributed by atoms with Gasteiger partial charge in [0.2, 0.25) is 0 Å². The highest BCUT2D eigenvalue weighted by Crippen LogP contribution is 2.30. The van der Waals surface area contributed by atoms with Crippen molar-refractivity contribution < 1.29 is 4.74 Å². The van der Waals surface area contributed by atoms with E-state index < -0.39 is 0 Å². The van der Waals surface area contributed by atoms with Crippen LogP contribution in [0.1, 0.15) is 38.3 Å². The molecule has 112 valence electrons. The van der Waals surface area contributed by atoms with Crippen molar-refractivity contribution in [3.05, 3.63) is 29.3 Å². The van der Waals surface area contributed by atoms with Gasteiger partial charge in [-0.2, -0.15) is 0 Å². The second-order valence-electron chi connectivity index (χ2n) is 6.51. The normalized spacial score (nSPS) is 19.9. The largest absolute Gasteiger partial charge is 0.377 e. The fourth-order valence-electron chi connectivity index (χ4n) is 2.90. The minimum atomic E-state index is 0.0599. The lowest BCUT2D eigenvalue weighted by Gasteiger charge is -2.44. The Morgan fingerprint density at radius 2 is 2.15 bits per heavy atom. The first-order valence-electron chi connectivity index (χ1n) is 7.64. The minimum Gasteiger partial charge on any atom is -0.377 e. The fraction of sp³-hybridized carbons (Fsp3) is 0.647. The van der Waals surface area contributed by atoms with Gasteiger partial charge < -0.3 is 15.4 Å². The number of rotatable bonds is 4. The first-order valence-corrected chi connectivity index (χ1v) is 7.64. The molecule has 1 aromatic carbocycles. The average molecular weight is 276 g/mol. The van der Waals surface area contributed by atoms with Crippen LogP contribution in [-0.4, -0.2) is 31.3 Å². The molecule has 1 saturated heterocycles. The monoisotopic (exact) mass is 276 g/mol.